The van der Waals surface area contributed by atoms with Crippen LogP contribution in [0, 0.1) is 19.8 Å². The van der Waals surface area contributed by atoms with Gasteiger partial charge in [0.05, 0.1) is 0 Å². The molecule has 1 aromatic carbocycles. The Morgan fingerprint density at radius 2 is 2.04 bits per heavy atom. The fourth-order valence-corrected chi connectivity index (χ4v) is 4.50. The van der Waals surface area contributed by atoms with Crippen LogP contribution in [0.1, 0.15) is 39.9 Å². The van der Waals surface area contributed by atoms with Crippen molar-refractivity contribution in [2.24, 2.45) is 5.92 Å². The first-order chi connectivity index (χ1) is 12.1. The molecular weight excluding hydrogens is 310 g/mol. The predicted molar refractivity (Wildman–Crippen MR) is 98.3 cm³/mol. The molecule has 2 bridgehead atoms. The van der Waals surface area contributed by atoms with Crippen molar-refractivity contribution in [3.8, 4) is 0 Å². The first kappa shape index (κ1) is 16.3. The summed E-state index contributed by atoms with van der Waals surface area (Å²) < 4.78 is 0. The van der Waals surface area contributed by atoms with Crippen LogP contribution in [-0.4, -0.2) is 34.4 Å². The van der Waals surface area contributed by atoms with E-state index in [-0.39, 0.29) is 5.91 Å². The maximum atomic E-state index is 12.6. The Balaban J connectivity index is 1.37. The molecule has 1 aromatic heterocycles. The van der Waals surface area contributed by atoms with E-state index in [0.29, 0.717) is 18.0 Å². The number of aromatic nitrogens is 1. The second-order valence-electron chi connectivity index (χ2n) is 7.63. The smallest absolute Gasteiger partial charge is 0.251 e. The normalized spacial score (nSPS) is 25.3. The van der Waals surface area contributed by atoms with Crippen molar-refractivity contribution >= 4 is 5.91 Å². The summed E-state index contributed by atoms with van der Waals surface area (Å²) in [4.78, 5) is 19.4. The van der Waals surface area contributed by atoms with Crippen molar-refractivity contribution in [1.82, 2.24) is 15.2 Å². The predicted octanol–water partition coefficient (Wildman–Crippen LogP) is 3.09. The molecule has 130 valence electrons. The zero-order valence-electron chi connectivity index (χ0n) is 14.9. The van der Waals surface area contributed by atoms with Gasteiger partial charge in [0, 0.05) is 43.1 Å². The number of benzene rings is 1. The van der Waals surface area contributed by atoms with Crippen LogP contribution in [0.3, 0.4) is 0 Å². The van der Waals surface area contributed by atoms with E-state index in [0.717, 1.165) is 36.2 Å². The number of amides is 1. The van der Waals surface area contributed by atoms with Crippen molar-refractivity contribution in [2.75, 3.05) is 6.54 Å². The van der Waals surface area contributed by atoms with Crippen LogP contribution in [0.5, 0.6) is 0 Å². The highest BCUT2D eigenvalue weighted by atomic mass is 16.1. The van der Waals surface area contributed by atoms with E-state index in [1.807, 2.05) is 44.4 Å². The van der Waals surface area contributed by atoms with Gasteiger partial charge in [-0.3, -0.25) is 14.7 Å². The van der Waals surface area contributed by atoms with Gasteiger partial charge in [0.2, 0.25) is 0 Å². The number of carbonyl (C=O) groups is 1. The Labute approximate surface area is 149 Å². The van der Waals surface area contributed by atoms with Gasteiger partial charge >= 0.3 is 0 Å². The first-order valence-corrected chi connectivity index (χ1v) is 9.10. The van der Waals surface area contributed by atoms with Crippen molar-refractivity contribution in [3.05, 3.63) is 65.0 Å². The molecule has 4 nitrogen and oxygen atoms in total. The van der Waals surface area contributed by atoms with Gasteiger partial charge in [0.25, 0.3) is 5.91 Å². The Kier molecular flexibility index (Phi) is 4.30. The molecular formula is C21H25N3O. The minimum Gasteiger partial charge on any atom is -0.349 e. The SMILES string of the molecule is Cc1cc(C)cc(C(=O)N[C@@H]2C[C@H]3C[C@H]2CN3Cc2cccnc2)c1. The van der Waals surface area contributed by atoms with Gasteiger partial charge in [-0.1, -0.05) is 23.3 Å². The molecule has 2 aliphatic rings. The van der Waals surface area contributed by atoms with Crippen molar-refractivity contribution in [3.63, 3.8) is 0 Å². The monoisotopic (exact) mass is 335 g/mol. The van der Waals surface area contributed by atoms with Crippen LogP contribution in [0.25, 0.3) is 0 Å². The number of aryl methyl sites for hydroxylation is 2. The zero-order valence-corrected chi connectivity index (χ0v) is 14.9. The highest BCUT2D eigenvalue weighted by Crippen LogP contribution is 2.38. The summed E-state index contributed by atoms with van der Waals surface area (Å²) >= 11 is 0. The van der Waals surface area contributed by atoms with Gasteiger partial charge < -0.3 is 5.32 Å². The largest absolute Gasteiger partial charge is 0.349 e. The second-order valence-corrected chi connectivity index (χ2v) is 7.63. The van der Waals surface area contributed by atoms with Crippen LogP contribution in [-0.2, 0) is 6.54 Å². The number of likely N-dealkylation sites (tertiary alicyclic amines) is 1. The number of rotatable bonds is 4. The Hall–Kier alpha value is -2.20. The third-order valence-corrected chi connectivity index (χ3v) is 5.56. The van der Waals surface area contributed by atoms with Crippen LogP contribution >= 0.6 is 0 Å². The lowest BCUT2D eigenvalue weighted by Gasteiger charge is -2.32. The summed E-state index contributed by atoms with van der Waals surface area (Å²) in [5.41, 5.74) is 4.33. The summed E-state index contributed by atoms with van der Waals surface area (Å²) in [6.45, 7) is 6.11. The summed E-state index contributed by atoms with van der Waals surface area (Å²) in [6, 6.07) is 11.1. The highest BCUT2D eigenvalue weighted by Gasteiger charge is 2.44. The quantitative estimate of drug-likeness (QED) is 0.934. The molecule has 1 saturated carbocycles. The van der Waals surface area contributed by atoms with Crippen molar-refractivity contribution in [2.45, 2.75) is 45.3 Å². The third-order valence-electron chi connectivity index (χ3n) is 5.56. The molecule has 3 atom stereocenters. The Bertz CT molecular complexity index is 754. The molecule has 2 heterocycles. The molecule has 0 unspecified atom stereocenters. The average Bonchev–Trinajstić information content (AvgIpc) is 3.14. The Morgan fingerprint density at radius 3 is 2.68 bits per heavy atom. The topological polar surface area (TPSA) is 45.2 Å². The minimum absolute atomic E-state index is 0.0724. The van der Waals surface area contributed by atoms with Crippen LogP contribution in [0.4, 0.5) is 0 Å². The number of piperidine rings is 1. The van der Waals surface area contributed by atoms with Gasteiger partial charge in [0.1, 0.15) is 0 Å². The number of fused-ring (bicyclic) bond motifs is 2. The van der Waals surface area contributed by atoms with E-state index in [9.17, 15) is 4.79 Å². The standard InChI is InChI=1S/C21H25N3O/c1-14-6-15(2)8-17(7-14)21(25)23-20-10-19-9-18(20)13-24(19)12-16-4-3-5-22-11-16/h3-8,11,18-20H,9-10,12-13H2,1-2H3,(H,23,25)/t18-,19+,20+/m0/s1. The van der Waals surface area contributed by atoms with E-state index < -0.39 is 0 Å². The number of pyridine rings is 1. The van der Waals surface area contributed by atoms with E-state index >= 15 is 0 Å². The minimum atomic E-state index is 0.0724. The van der Waals surface area contributed by atoms with Crippen molar-refractivity contribution in [1.29, 1.82) is 0 Å². The number of nitrogens with zero attached hydrogens (tertiary/aromatic N) is 2. The lowest BCUT2D eigenvalue weighted by Crippen LogP contribution is -2.45. The van der Waals surface area contributed by atoms with Crippen molar-refractivity contribution < 1.29 is 4.79 Å². The number of hydrogen-bond acceptors (Lipinski definition) is 3. The summed E-state index contributed by atoms with van der Waals surface area (Å²) in [7, 11) is 0. The molecule has 1 saturated heterocycles. The highest BCUT2D eigenvalue weighted by molar-refractivity contribution is 5.94. The van der Waals surface area contributed by atoms with Crippen LogP contribution in [0.2, 0.25) is 0 Å². The molecule has 4 heteroatoms. The lowest BCUT2D eigenvalue weighted by atomic mass is 10.0. The molecule has 4 rings (SSSR count). The van der Waals surface area contributed by atoms with Gasteiger partial charge in [0.15, 0.2) is 0 Å². The molecule has 0 spiro atoms. The second kappa shape index (κ2) is 6.60. The fourth-order valence-electron chi connectivity index (χ4n) is 4.50. The summed E-state index contributed by atoms with van der Waals surface area (Å²) in [5, 5.41) is 3.29. The van der Waals surface area contributed by atoms with Gasteiger partial charge in [-0.25, -0.2) is 0 Å². The summed E-state index contributed by atoms with van der Waals surface area (Å²) in [6.07, 6.45) is 6.02. The average molecular weight is 335 g/mol. The molecule has 1 aliphatic carbocycles. The lowest BCUT2D eigenvalue weighted by molar-refractivity contribution is 0.0903. The third kappa shape index (κ3) is 3.45. The fraction of sp³-hybridized carbons (Fsp3) is 0.429. The molecule has 1 N–H and O–H groups in total. The Morgan fingerprint density at radius 1 is 1.24 bits per heavy atom. The van der Waals surface area contributed by atoms with Gasteiger partial charge in [-0.2, -0.15) is 0 Å². The summed E-state index contributed by atoms with van der Waals surface area (Å²) in [5.74, 6) is 0.639. The molecule has 1 amide bonds. The number of nitrogens with one attached hydrogen (secondary N) is 1. The first-order valence-electron chi connectivity index (χ1n) is 9.10. The van der Waals surface area contributed by atoms with Gasteiger partial charge in [-0.05, 0) is 56.4 Å². The van der Waals surface area contributed by atoms with Gasteiger partial charge in [-0.15, -0.1) is 0 Å². The molecule has 0 radical (unpaired) electrons. The molecule has 25 heavy (non-hydrogen) atoms. The number of hydrogen-bond donors (Lipinski definition) is 1. The van der Waals surface area contributed by atoms with E-state index in [1.54, 1.807) is 0 Å². The van der Waals surface area contributed by atoms with E-state index in [1.165, 1.54) is 12.0 Å². The van der Waals surface area contributed by atoms with E-state index in [2.05, 4.69) is 27.3 Å². The molecule has 2 aromatic rings. The van der Waals surface area contributed by atoms with Crippen LogP contribution in [0.15, 0.2) is 42.7 Å². The van der Waals surface area contributed by atoms with Crippen LogP contribution < -0.4 is 5.32 Å². The maximum Gasteiger partial charge on any atom is 0.251 e. The maximum absolute atomic E-state index is 12.6. The number of carbonyl (C=O) groups excluding carboxylic acids is 1. The van der Waals surface area contributed by atoms with E-state index in [4.69, 9.17) is 0 Å². The molecule has 2 fully saturated rings. The molecule has 1 aliphatic heterocycles. The zero-order chi connectivity index (χ0) is 17.4.